The molecule has 1 aromatic heterocycles. The van der Waals surface area contributed by atoms with Crippen molar-refractivity contribution in [1.82, 2.24) is 14.7 Å². The summed E-state index contributed by atoms with van der Waals surface area (Å²) in [7, 11) is 0. The SMILES string of the molecule is CCn1nc(CC(C)C)cc1C(=O)N1CC=CC1C(=O)O. The van der Waals surface area contributed by atoms with E-state index >= 15 is 0 Å². The Morgan fingerprint density at radius 3 is 2.76 bits per heavy atom. The third kappa shape index (κ3) is 3.15. The topological polar surface area (TPSA) is 75.4 Å². The van der Waals surface area contributed by atoms with Crippen molar-refractivity contribution in [2.75, 3.05) is 6.54 Å². The van der Waals surface area contributed by atoms with Crippen LogP contribution in [0.4, 0.5) is 0 Å². The lowest BCUT2D eigenvalue weighted by molar-refractivity contribution is -0.140. The lowest BCUT2D eigenvalue weighted by atomic mass is 10.1. The zero-order chi connectivity index (χ0) is 15.6. The lowest BCUT2D eigenvalue weighted by Gasteiger charge is -2.21. The smallest absolute Gasteiger partial charge is 0.330 e. The molecule has 1 atom stereocenters. The van der Waals surface area contributed by atoms with Crippen LogP contribution in [-0.4, -0.2) is 44.3 Å². The van der Waals surface area contributed by atoms with Crippen molar-refractivity contribution in [3.63, 3.8) is 0 Å². The maximum absolute atomic E-state index is 12.6. The summed E-state index contributed by atoms with van der Waals surface area (Å²) < 4.78 is 1.65. The molecular formula is C15H21N3O3. The van der Waals surface area contributed by atoms with Crippen LogP contribution in [0.1, 0.15) is 37.0 Å². The van der Waals surface area contributed by atoms with E-state index in [0.29, 0.717) is 24.7 Å². The maximum atomic E-state index is 12.6. The molecular weight excluding hydrogens is 270 g/mol. The Bertz CT molecular complexity index is 575. The molecule has 0 saturated heterocycles. The van der Waals surface area contributed by atoms with Crippen LogP contribution in [-0.2, 0) is 17.8 Å². The highest BCUT2D eigenvalue weighted by Gasteiger charge is 2.32. The number of carbonyl (C=O) groups excluding carboxylic acids is 1. The zero-order valence-electron chi connectivity index (χ0n) is 12.6. The van der Waals surface area contributed by atoms with Crippen molar-refractivity contribution in [3.8, 4) is 0 Å². The molecule has 1 unspecified atom stereocenters. The Kier molecular flexibility index (Phi) is 4.45. The van der Waals surface area contributed by atoms with Crippen molar-refractivity contribution in [1.29, 1.82) is 0 Å². The summed E-state index contributed by atoms with van der Waals surface area (Å²) in [5, 5.41) is 13.6. The fourth-order valence-corrected chi connectivity index (χ4v) is 2.49. The predicted octanol–water partition coefficient (Wildman–Crippen LogP) is 1.57. The van der Waals surface area contributed by atoms with Gasteiger partial charge < -0.3 is 10.0 Å². The molecule has 0 radical (unpaired) electrons. The lowest BCUT2D eigenvalue weighted by Crippen LogP contribution is -2.41. The number of hydrogen-bond donors (Lipinski definition) is 1. The minimum Gasteiger partial charge on any atom is -0.479 e. The Hall–Kier alpha value is -2.11. The second kappa shape index (κ2) is 6.11. The van der Waals surface area contributed by atoms with Gasteiger partial charge in [0.05, 0.1) is 5.69 Å². The average molecular weight is 291 g/mol. The van der Waals surface area contributed by atoms with Gasteiger partial charge in [-0.2, -0.15) is 5.10 Å². The van der Waals surface area contributed by atoms with Crippen LogP contribution in [0.5, 0.6) is 0 Å². The van der Waals surface area contributed by atoms with E-state index in [1.807, 2.05) is 6.92 Å². The number of carboxylic acids is 1. The van der Waals surface area contributed by atoms with Crippen molar-refractivity contribution in [2.45, 2.75) is 39.8 Å². The van der Waals surface area contributed by atoms with E-state index < -0.39 is 12.0 Å². The first kappa shape index (κ1) is 15.3. The standard InChI is InChI=1S/C15H21N3O3/c1-4-18-13(9-11(16-18)8-10(2)3)14(19)17-7-5-6-12(17)15(20)21/h5-6,9-10,12H,4,7-8H2,1-3H3,(H,20,21). The number of carboxylic acid groups (broad SMARTS) is 1. The minimum atomic E-state index is -1.01. The van der Waals surface area contributed by atoms with Gasteiger partial charge in [0.15, 0.2) is 0 Å². The number of aromatic nitrogens is 2. The highest BCUT2D eigenvalue weighted by molar-refractivity contribution is 5.96. The molecule has 0 spiro atoms. The highest BCUT2D eigenvalue weighted by atomic mass is 16.4. The van der Waals surface area contributed by atoms with Crippen LogP contribution >= 0.6 is 0 Å². The van der Waals surface area contributed by atoms with Gasteiger partial charge in [-0.25, -0.2) is 4.79 Å². The van der Waals surface area contributed by atoms with E-state index in [4.69, 9.17) is 5.11 Å². The minimum absolute atomic E-state index is 0.281. The summed E-state index contributed by atoms with van der Waals surface area (Å²) in [6.07, 6.45) is 4.05. The van der Waals surface area contributed by atoms with E-state index in [1.54, 1.807) is 22.9 Å². The first-order chi connectivity index (χ1) is 9.93. The third-order valence-corrected chi connectivity index (χ3v) is 3.44. The molecule has 1 aromatic rings. The Morgan fingerprint density at radius 2 is 2.19 bits per heavy atom. The summed E-state index contributed by atoms with van der Waals surface area (Å²) in [6.45, 7) is 7.01. The van der Waals surface area contributed by atoms with E-state index in [1.165, 1.54) is 4.90 Å². The quantitative estimate of drug-likeness (QED) is 0.835. The molecule has 2 rings (SSSR count). The van der Waals surface area contributed by atoms with Gasteiger partial charge in [0.2, 0.25) is 0 Å². The third-order valence-electron chi connectivity index (χ3n) is 3.44. The van der Waals surface area contributed by atoms with E-state index in [2.05, 4.69) is 18.9 Å². The summed E-state index contributed by atoms with van der Waals surface area (Å²) in [4.78, 5) is 25.1. The molecule has 1 aliphatic heterocycles. The summed E-state index contributed by atoms with van der Waals surface area (Å²) in [6, 6.07) is 0.898. The highest BCUT2D eigenvalue weighted by Crippen LogP contribution is 2.17. The van der Waals surface area contributed by atoms with Crippen LogP contribution in [0, 0.1) is 5.92 Å². The van der Waals surface area contributed by atoms with Crippen LogP contribution in [0.3, 0.4) is 0 Å². The summed E-state index contributed by atoms with van der Waals surface area (Å²) in [5.74, 6) is -0.841. The van der Waals surface area contributed by atoms with Gasteiger partial charge in [-0.05, 0) is 25.3 Å². The van der Waals surface area contributed by atoms with Crippen LogP contribution in [0.15, 0.2) is 18.2 Å². The first-order valence-corrected chi connectivity index (χ1v) is 7.21. The van der Waals surface area contributed by atoms with Gasteiger partial charge in [0.25, 0.3) is 5.91 Å². The maximum Gasteiger partial charge on any atom is 0.330 e. The number of hydrogen-bond acceptors (Lipinski definition) is 3. The normalized spacial score (nSPS) is 17.7. The van der Waals surface area contributed by atoms with Gasteiger partial charge in [0.1, 0.15) is 11.7 Å². The van der Waals surface area contributed by atoms with Crippen molar-refractivity contribution < 1.29 is 14.7 Å². The molecule has 6 heteroatoms. The molecule has 2 heterocycles. The van der Waals surface area contributed by atoms with E-state index in [0.717, 1.165) is 12.1 Å². The molecule has 6 nitrogen and oxygen atoms in total. The van der Waals surface area contributed by atoms with Gasteiger partial charge >= 0.3 is 5.97 Å². The molecule has 1 N–H and O–H groups in total. The molecule has 0 bridgehead atoms. The average Bonchev–Trinajstić information content (AvgIpc) is 3.03. The fraction of sp³-hybridized carbons (Fsp3) is 0.533. The van der Waals surface area contributed by atoms with Crippen molar-refractivity contribution >= 4 is 11.9 Å². The van der Waals surface area contributed by atoms with Crippen LogP contribution in [0.2, 0.25) is 0 Å². The molecule has 0 saturated carbocycles. The monoisotopic (exact) mass is 291 g/mol. The Morgan fingerprint density at radius 1 is 1.48 bits per heavy atom. The molecule has 114 valence electrons. The second-order valence-corrected chi connectivity index (χ2v) is 5.60. The number of aryl methyl sites for hydroxylation is 1. The molecule has 1 amide bonds. The fourth-order valence-electron chi connectivity index (χ4n) is 2.49. The Labute approximate surface area is 124 Å². The van der Waals surface area contributed by atoms with Gasteiger partial charge in [0, 0.05) is 13.1 Å². The van der Waals surface area contributed by atoms with E-state index in [9.17, 15) is 9.59 Å². The molecule has 0 aliphatic carbocycles. The predicted molar refractivity (Wildman–Crippen MR) is 78.0 cm³/mol. The number of rotatable bonds is 5. The van der Waals surface area contributed by atoms with Crippen LogP contribution < -0.4 is 0 Å². The number of aliphatic carboxylic acids is 1. The molecule has 0 fully saturated rings. The van der Waals surface area contributed by atoms with E-state index in [-0.39, 0.29) is 5.91 Å². The number of nitrogens with zero attached hydrogens (tertiary/aromatic N) is 3. The van der Waals surface area contributed by atoms with Crippen molar-refractivity contribution in [3.05, 3.63) is 29.6 Å². The molecule has 21 heavy (non-hydrogen) atoms. The molecule has 1 aliphatic rings. The summed E-state index contributed by atoms with van der Waals surface area (Å²) in [5.41, 5.74) is 1.33. The number of carbonyl (C=O) groups is 2. The Balaban J connectivity index is 2.26. The zero-order valence-corrected chi connectivity index (χ0v) is 12.6. The largest absolute Gasteiger partial charge is 0.479 e. The van der Waals surface area contributed by atoms with Gasteiger partial charge in [-0.15, -0.1) is 0 Å². The molecule has 0 aromatic carbocycles. The van der Waals surface area contributed by atoms with Crippen molar-refractivity contribution in [2.24, 2.45) is 5.92 Å². The second-order valence-electron chi connectivity index (χ2n) is 5.60. The summed E-state index contributed by atoms with van der Waals surface area (Å²) >= 11 is 0. The van der Waals surface area contributed by atoms with Crippen LogP contribution in [0.25, 0.3) is 0 Å². The van der Waals surface area contributed by atoms with Gasteiger partial charge in [-0.3, -0.25) is 9.48 Å². The van der Waals surface area contributed by atoms with Gasteiger partial charge in [-0.1, -0.05) is 26.0 Å². The number of amides is 1. The first-order valence-electron chi connectivity index (χ1n) is 7.21.